The Labute approximate surface area is 158 Å². The van der Waals surface area contributed by atoms with Gasteiger partial charge in [-0.3, -0.25) is 4.79 Å². The number of anilines is 1. The summed E-state index contributed by atoms with van der Waals surface area (Å²) in [5, 5.41) is 1.97. The number of thiophene rings is 1. The Morgan fingerprint density at radius 1 is 1.08 bits per heavy atom. The van der Waals surface area contributed by atoms with Gasteiger partial charge in [0.05, 0.1) is 11.3 Å². The van der Waals surface area contributed by atoms with Gasteiger partial charge in [0.2, 0.25) is 15.9 Å². The van der Waals surface area contributed by atoms with Gasteiger partial charge >= 0.3 is 0 Å². The Bertz CT molecular complexity index is 901. The monoisotopic (exact) mass is 390 g/mol. The fraction of sp³-hybridized carbons (Fsp3) is 0.421. The van der Waals surface area contributed by atoms with Crippen molar-refractivity contribution in [3.8, 4) is 0 Å². The first-order valence-electron chi connectivity index (χ1n) is 9.01. The van der Waals surface area contributed by atoms with Gasteiger partial charge in [0, 0.05) is 30.2 Å². The van der Waals surface area contributed by atoms with Crippen LogP contribution in [0.4, 0.5) is 5.69 Å². The number of hydrogen-bond acceptors (Lipinski definition) is 4. The van der Waals surface area contributed by atoms with E-state index in [1.165, 1.54) is 0 Å². The third-order valence-corrected chi connectivity index (χ3v) is 7.88. The van der Waals surface area contributed by atoms with Crippen LogP contribution in [0.25, 0.3) is 0 Å². The minimum absolute atomic E-state index is 0.0674. The third kappa shape index (κ3) is 3.31. The van der Waals surface area contributed by atoms with Crippen LogP contribution in [0, 0.1) is 0 Å². The molecule has 0 bridgehead atoms. The van der Waals surface area contributed by atoms with E-state index < -0.39 is 10.0 Å². The zero-order chi connectivity index (χ0) is 18.1. The molecule has 0 spiro atoms. The minimum atomic E-state index is -3.43. The summed E-state index contributed by atoms with van der Waals surface area (Å²) in [5.74, 6) is 0.0674. The highest BCUT2D eigenvalue weighted by atomic mass is 32.2. The summed E-state index contributed by atoms with van der Waals surface area (Å²) in [7, 11) is -3.43. The van der Waals surface area contributed by atoms with E-state index in [4.69, 9.17) is 0 Å². The van der Waals surface area contributed by atoms with Gasteiger partial charge in [0.25, 0.3) is 0 Å². The van der Waals surface area contributed by atoms with Gasteiger partial charge in [-0.25, -0.2) is 8.42 Å². The smallest absolute Gasteiger partial charge is 0.243 e. The van der Waals surface area contributed by atoms with E-state index in [0.29, 0.717) is 37.4 Å². The third-order valence-electron chi connectivity index (χ3n) is 5.11. The maximum absolute atomic E-state index is 12.9. The number of benzene rings is 1. The predicted octanol–water partition coefficient (Wildman–Crippen LogP) is 3.05. The predicted molar refractivity (Wildman–Crippen MR) is 103 cm³/mol. The average molecular weight is 391 g/mol. The van der Waals surface area contributed by atoms with Gasteiger partial charge in [0.15, 0.2) is 0 Å². The summed E-state index contributed by atoms with van der Waals surface area (Å²) in [6, 6.07) is 9.12. The number of piperidine rings is 1. The normalized spacial score (nSPS) is 18.1. The molecule has 1 saturated heterocycles. The molecule has 0 aliphatic carbocycles. The lowest BCUT2D eigenvalue weighted by Gasteiger charge is -2.26. The molecule has 1 fully saturated rings. The lowest BCUT2D eigenvalue weighted by Crippen LogP contribution is -2.35. The van der Waals surface area contributed by atoms with Gasteiger partial charge in [-0.1, -0.05) is 12.5 Å². The molecule has 1 amide bonds. The van der Waals surface area contributed by atoms with Crippen LogP contribution in [0.5, 0.6) is 0 Å². The van der Waals surface area contributed by atoms with Crippen molar-refractivity contribution in [2.45, 2.75) is 37.0 Å². The molecule has 0 N–H and O–H groups in total. The van der Waals surface area contributed by atoms with E-state index in [9.17, 15) is 13.2 Å². The molecule has 4 rings (SSSR count). The number of sulfonamides is 1. The molecule has 26 heavy (non-hydrogen) atoms. The summed E-state index contributed by atoms with van der Waals surface area (Å²) >= 11 is 1.58. The molecule has 2 aliphatic heterocycles. The van der Waals surface area contributed by atoms with Gasteiger partial charge in [-0.15, -0.1) is 11.3 Å². The first-order chi connectivity index (χ1) is 12.6. The van der Waals surface area contributed by atoms with E-state index >= 15 is 0 Å². The van der Waals surface area contributed by atoms with Crippen LogP contribution in [-0.4, -0.2) is 38.3 Å². The molecule has 0 atom stereocenters. The first kappa shape index (κ1) is 17.7. The number of carbonyl (C=O) groups excluding carboxylic acids is 1. The van der Waals surface area contributed by atoms with Crippen LogP contribution in [0.1, 0.15) is 29.7 Å². The Balaban J connectivity index is 1.55. The van der Waals surface area contributed by atoms with Crippen LogP contribution in [-0.2, 0) is 27.7 Å². The van der Waals surface area contributed by atoms with Crippen LogP contribution in [0.3, 0.4) is 0 Å². The quantitative estimate of drug-likeness (QED) is 0.806. The number of nitrogens with zero attached hydrogens (tertiary/aromatic N) is 2. The largest absolute Gasteiger partial charge is 0.312 e. The molecule has 3 heterocycles. The number of amides is 1. The molecule has 5 nitrogen and oxygen atoms in total. The SMILES string of the molecule is O=C(Cc1cccs1)N1CCc2cc(S(=O)(=O)N3CCCCC3)ccc21. The summed E-state index contributed by atoms with van der Waals surface area (Å²) in [5.41, 5.74) is 1.80. The van der Waals surface area contributed by atoms with Crippen molar-refractivity contribution >= 4 is 33.0 Å². The molecule has 7 heteroatoms. The molecule has 2 aromatic rings. The topological polar surface area (TPSA) is 57.7 Å². The van der Waals surface area contributed by atoms with Crippen LogP contribution in [0.2, 0.25) is 0 Å². The molecule has 0 unspecified atom stereocenters. The second-order valence-electron chi connectivity index (χ2n) is 6.81. The van der Waals surface area contributed by atoms with Gasteiger partial charge in [0.1, 0.15) is 0 Å². The zero-order valence-electron chi connectivity index (χ0n) is 14.6. The second kappa shape index (κ2) is 7.13. The second-order valence-corrected chi connectivity index (χ2v) is 9.78. The molecule has 0 saturated carbocycles. The molecule has 1 aromatic heterocycles. The lowest BCUT2D eigenvalue weighted by molar-refractivity contribution is -0.117. The van der Waals surface area contributed by atoms with Crippen molar-refractivity contribution in [1.29, 1.82) is 0 Å². The summed E-state index contributed by atoms with van der Waals surface area (Å²) in [6.45, 7) is 1.82. The fourth-order valence-corrected chi connectivity index (χ4v) is 5.97. The van der Waals surface area contributed by atoms with Crippen molar-refractivity contribution < 1.29 is 13.2 Å². The number of fused-ring (bicyclic) bond motifs is 1. The highest BCUT2D eigenvalue weighted by Crippen LogP contribution is 2.32. The van der Waals surface area contributed by atoms with Crippen molar-refractivity contribution in [3.05, 3.63) is 46.2 Å². The van der Waals surface area contributed by atoms with Gasteiger partial charge in [-0.05, 0) is 54.5 Å². The first-order valence-corrected chi connectivity index (χ1v) is 11.3. The molecule has 2 aliphatic rings. The van der Waals surface area contributed by atoms with Crippen molar-refractivity contribution in [2.75, 3.05) is 24.5 Å². The van der Waals surface area contributed by atoms with Crippen LogP contribution in [0.15, 0.2) is 40.6 Å². The molecular formula is C19H22N2O3S2. The highest BCUT2D eigenvalue weighted by Gasteiger charge is 2.30. The van der Waals surface area contributed by atoms with Crippen molar-refractivity contribution in [2.24, 2.45) is 0 Å². The standard InChI is InChI=1S/C19H22N2O3S2/c22-19(14-16-5-4-12-25-16)21-11-8-15-13-17(6-7-18(15)21)26(23,24)20-9-2-1-3-10-20/h4-7,12-13H,1-3,8-11,14H2. The molecular weight excluding hydrogens is 368 g/mol. The Morgan fingerprint density at radius 2 is 1.88 bits per heavy atom. The summed E-state index contributed by atoms with van der Waals surface area (Å²) in [6.07, 6.45) is 4.04. The minimum Gasteiger partial charge on any atom is -0.312 e. The van der Waals surface area contributed by atoms with E-state index in [1.54, 1.807) is 38.7 Å². The molecule has 0 radical (unpaired) electrons. The van der Waals surface area contributed by atoms with Crippen molar-refractivity contribution in [1.82, 2.24) is 4.31 Å². The number of carbonyl (C=O) groups is 1. The fourth-order valence-electron chi connectivity index (χ4n) is 3.71. The lowest BCUT2D eigenvalue weighted by atomic mass is 10.2. The van der Waals surface area contributed by atoms with Crippen molar-refractivity contribution in [3.63, 3.8) is 0 Å². The molecule has 138 valence electrons. The number of hydrogen-bond donors (Lipinski definition) is 0. The van der Waals surface area contributed by atoms with Gasteiger partial charge in [-0.2, -0.15) is 4.31 Å². The maximum atomic E-state index is 12.9. The molecule has 1 aromatic carbocycles. The summed E-state index contributed by atoms with van der Waals surface area (Å²) in [4.78, 5) is 15.8. The van der Waals surface area contributed by atoms with E-state index in [2.05, 4.69) is 0 Å². The van der Waals surface area contributed by atoms with Crippen LogP contribution >= 0.6 is 11.3 Å². The Morgan fingerprint density at radius 3 is 2.62 bits per heavy atom. The van der Waals surface area contributed by atoms with E-state index in [-0.39, 0.29) is 5.91 Å². The van der Waals surface area contributed by atoms with Gasteiger partial charge < -0.3 is 4.90 Å². The Kier molecular flexibility index (Phi) is 4.86. The number of rotatable bonds is 4. The average Bonchev–Trinajstić information content (AvgIpc) is 3.31. The zero-order valence-corrected chi connectivity index (χ0v) is 16.2. The van der Waals surface area contributed by atoms with Crippen LogP contribution < -0.4 is 4.90 Å². The Hall–Kier alpha value is -1.70. The maximum Gasteiger partial charge on any atom is 0.243 e. The highest BCUT2D eigenvalue weighted by molar-refractivity contribution is 7.89. The summed E-state index contributed by atoms with van der Waals surface area (Å²) < 4.78 is 27.3. The van der Waals surface area contributed by atoms with E-state index in [1.807, 2.05) is 17.5 Å². The van der Waals surface area contributed by atoms with E-state index in [0.717, 1.165) is 35.4 Å².